The molecule has 128 valence electrons. The number of likely N-dealkylation sites (N-methyl/N-ethyl adjacent to an activating group) is 1. The van der Waals surface area contributed by atoms with Crippen molar-refractivity contribution in [1.82, 2.24) is 9.29 Å². The van der Waals surface area contributed by atoms with Crippen LogP contribution in [0, 0.1) is 6.92 Å². The van der Waals surface area contributed by atoms with E-state index in [-0.39, 0.29) is 19.0 Å². The number of anilines is 1. The topological polar surface area (TPSA) is 70.6 Å². The molecule has 0 saturated carbocycles. The summed E-state index contributed by atoms with van der Waals surface area (Å²) in [6, 6.07) is 12.7. The molecule has 1 heterocycles. The van der Waals surface area contributed by atoms with E-state index in [0.29, 0.717) is 5.69 Å². The fourth-order valence-electron chi connectivity index (χ4n) is 2.13. The number of aryl methyl sites for hydroxylation is 1. The quantitative estimate of drug-likeness (QED) is 0.799. The van der Waals surface area contributed by atoms with Gasteiger partial charge in [-0.2, -0.15) is 4.31 Å². The van der Waals surface area contributed by atoms with Crippen molar-refractivity contribution in [3.8, 4) is 0 Å². The summed E-state index contributed by atoms with van der Waals surface area (Å²) in [6.07, 6.45) is 2.69. The Kier molecular flexibility index (Phi) is 5.69. The molecule has 0 saturated heterocycles. The fraction of sp³-hybridized carbons (Fsp3) is 0.294. The molecule has 0 aliphatic carbocycles. The lowest BCUT2D eigenvalue weighted by Crippen LogP contribution is -2.40. The Labute approximate surface area is 142 Å². The molecule has 0 N–H and O–H groups in total. The van der Waals surface area contributed by atoms with Crippen molar-refractivity contribution in [1.29, 1.82) is 0 Å². The number of carbonyl (C=O) groups excluding carboxylic acids is 1. The maximum Gasteiger partial charge on any atom is 0.242 e. The average Bonchev–Trinajstić information content (AvgIpc) is 2.54. The van der Waals surface area contributed by atoms with Gasteiger partial charge in [0.15, 0.2) is 0 Å². The number of sulfonamides is 1. The molecule has 1 aromatic carbocycles. The van der Waals surface area contributed by atoms with Crippen LogP contribution >= 0.6 is 0 Å². The molecule has 0 spiro atoms. The van der Waals surface area contributed by atoms with Gasteiger partial charge in [0.25, 0.3) is 0 Å². The van der Waals surface area contributed by atoms with Crippen LogP contribution < -0.4 is 4.90 Å². The predicted octanol–water partition coefficient (Wildman–Crippen LogP) is 1.81. The predicted molar refractivity (Wildman–Crippen MR) is 94.1 cm³/mol. The third-order valence-electron chi connectivity index (χ3n) is 3.64. The van der Waals surface area contributed by atoms with E-state index in [1.165, 1.54) is 4.90 Å². The number of amides is 1. The lowest BCUT2D eigenvalue weighted by atomic mass is 10.2. The van der Waals surface area contributed by atoms with Gasteiger partial charge in [0.1, 0.15) is 0 Å². The zero-order valence-corrected chi connectivity index (χ0v) is 14.8. The van der Waals surface area contributed by atoms with E-state index in [4.69, 9.17) is 0 Å². The first kappa shape index (κ1) is 18.1. The molecule has 0 aliphatic rings. The second-order valence-corrected chi connectivity index (χ2v) is 7.62. The highest BCUT2D eigenvalue weighted by Crippen LogP contribution is 2.15. The number of pyridine rings is 1. The molecule has 7 heteroatoms. The zero-order valence-electron chi connectivity index (χ0n) is 14.0. The van der Waals surface area contributed by atoms with Crippen LogP contribution in [0.25, 0.3) is 0 Å². The summed E-state index contributed by atoms with van der Waals surface area (Å²) in [5, 5.41) is 0. The molecule has 0 atom stereocenters. The zero-order chi connectivity index (χ0) is 17.7. The van der Waals surface area contributed by atoms with Crippen LogP contribution in [-0.2, 0) is 21.4 Å². The lowest BCUT2D eigenvalue weighted by molar-refractivity contribution is -0.118. The average molecular weight is 347 g/mol. The van der Waals surface area contributed by atoms with Crippen molar-refractivity contribution in [2.75, 3.05) is 24.7 Å². The number of aromatic nitrogens is 1. The van der Waals surface area contributed by atoms with Crippen molar-refractivity contribution in [2.45, 2.75) is 13.5 Å². The molecule has 1 aromatic heterocycles. The van der Waals surface area contributed by atoms with Gasteiger partial charge >= 0.3 is 0 Å². The Morgan fingerprint density at radius 1 is 1.12 bits per heavy atom. The maximum atomic E-state index is 12.5. The van der Waals surface area contributed by atoms with Gasteiger partial charge in [0.2, 0.25) is 15.9 Å². The highest BCUT2D eigenvalue weighted by Gasteiger charge is 2.23. The molecule has 1 amide bonds. The van der Waals surface area contributed by atoms with E-state index < -0.39 is 10.0 Å². The molecule has 0 bridgehead atoms. The molecule has 0 aliphatic heterocycles. The molecule has 0 unspecified atom stereocenters. The van der Waals surface area contributed by atoms with E-state index in [1.807, 2.05) is 31.2 Å². The summed E-state index contributed by atoms with van der Waals surface area (Å²) in [5.74, 6) is -0.305. The van der Waals surface area contributed by atoms with Crippen molar-refractivity contribution in [2.24, 2.45) is 0 Å². The van der Waals surface area contributed by atoms with Gasteiger partial charge in [-0.05, 0) is 31.2 Å². The molecular formula is C17H21N3O3S. The summed E-state index contributed by atoms with van der Waals surface area (Å²) >= 11 is 0. The largest absolute Gasteiger partial charge is 0.314 e. The van der Waals surface area contributed by atoms with Gasteiger partial charge in [0, 0.05) is 18.9 Å². The lowest BCUT2D eigenvalue weighted by Gasteiger charge is -2.23. The molecule has 0 fully saturated rings. The van der Waals surface area contributed by atoms with Gasteiger partial charge in [-0.3, -0.25) is 9.78 Å². The number of hydrogen-bond donors (Lipinski definition) is 0. The third kappa shape index (κ3) is 4.87. The summed E-state index contributed by atoms with van der Waals surface area (Å²) in [7, 11) is -1.90. The second-order valence-electron chi connectivity index (χ2n) is 5.64. The van der Waals surface area contributed by atoms with Gasteiger partial charge in [0.05, 0.1) is 25.0 Å². The van der Waals surface area contributed by atoms with Crippen LogP contribution in [0.1, 0.15) is 11.3 Å². The molecule has 24 heavy (non-hydrogen) atoms. The van der Waals surface area contributed by atoms with Gasteiger partial charge in [-0.25, -0.2) is 8.42 Å². The summed E-state index contributed by atoms with van der Waals surface area (Å²) < 4.78 is 25.1. The van der Waals surface area contributed by atoms with Crippen molar-refractivity contribution in [3.63, 3.8) is 0 Å². The standard InChI is InChI=1S/C17H21N3O3S/c1-14-7-9-16(10-8-14)19(2)17(21)13-20(24(3,22)23)12-15-6-4-5-11-18-15/h4-11H,12-13H2,1-3H3. The van der Waals surface area contributed by atoms with Gasteiger partial charge in [-0.15, -0.1) is 0 Å². The number of hydrogen-bond acceptors (Lipinski definition) is 4. The SMILES string of the molecule is Cc1ccc(N(C)C(=O)CN(Cc2ccccn2)S(C)(=O)=O)cc1. The van der Waals surface area contributed by atoms with E-state index in [9.17, 15) is 13.2 Å². The van der Waals surface area contributed by atoms with Gasteiger partial charge in [-0.1, -0.05) is 23.8 Å². The first-order valence-electron chi connectivity index (χ1n) is 7.45. The summed E-state index contributed by atoms with van der Waals surface area (Å²) in [5.41, 5.74) is 2.40. The van der Waals surface area contributed by atoms with E-state index in [2.05, 4.69) is 4.98 Å². The third-order valence-corrected chi connectivity index (χ3v) is 4.84. The monoisotopic (exact) mass is 347 g/mol. The van der Waals surface area contributed by atoms with E-state index in [1.54, 1.807) is 31.4 Å². The summed E-state index contributed by atoms with van der Waals surface area (Å²) in [6.45, 7) is 1.79. The second kappa shape index (κ2) is 7.55. The number of nitrogens with zero attached hydrogens (tertiary/aromatic N) is 3. The van der Waals surface area contributed by atoms with Crippen LogP contribution in [0.4, 0.5) is 5.69 Å². The minimum Gasteiger partial charge on any atom is -0.314 e. The van der Waals surface area contributed by atoms with Crippen LogP contribution in [-0.4, -0.2) is 43.5 Å². The van der Waals surface area contributed by atoms with Crippen LogP contribution in [0.5, 0.6) is 0 Å². The molecular weight excluding hydrogens is 326 g/mol. The highest BCUT2D eigenvalue weighted by atomic mass is 32.2. The fourth-order valence-corrected chi connectivity index (χ4v) is 2.84. The Balaban J connectivity index is 2.14. The molecule has 6 nitrogen and oxygen atoms in total. The minimum absolute atomic E-state index is 0.0626. The molecule has 0 radical (unpaired) electrons. The number of rotatable bonds is 6. The van der Waals surface area contributed by atoms with Crippen molar-refractivity contribution >= 4 is 21.6 Å². The Bertz CT molecular complexity index is 790. The highest BCUT2D eigenvalue weighted by molar-refractivity contribution is 7.88. The van der Waals surface area contributed by atoms with Crippen LogP contribution in [0.3, 0.4) is 0 Å². The van der Waals surface area contributed by atoms with Gasteiger partial charge < -0.3 is 4.90 Å². The number of carbonyl (C=O) groups is 1. The Morgan fingerprint density at radius 3 is 2.33 bits per heavy atom. The Morgan fingerprint density at radius 2 is 1.79 bits per heavy atom. The normalized spacial score (nSPS) is 11.5. The minimum atomic E-state index is -3.53. The van der Waals surface area contributed by atoms with Crippen LogP contribution in [0.2, 0.25) is 0 Å². The van der Waals surface area contributed by atoms with Crippen molar-refractivity contribution in [3.05, 3.63) is 59.9 Å². The smallest absolute Gasteiger partial charge is 0.242 e. The first-order valence-corrected chi connectivity index (χ1v) is 9.30. The Hall–Kier alpha value is -2.25. The number of benzene rings is 1. The van der Waals surface area contributed by atoms with Crippen LogP contribution in [0.15, 0.2) is 48.7 Å². The van der Waals surface area contributed by atoms with E-state index >= 15 is 0 Å². The molecule has 2 aromatic rings. The summed E-state index contributed by atoms with van der Waals surface area (Å²) in [4.78, 5) is 18.1. The molecule has 2 rings (SSSR count). The van der Waals surface area contributed by atoms with E-state index in [0.717, 1.165) is 21.8 Å². The first-order chi connectivity index (χ1) is 11.3. The maximum absolute atomic E-state index is 12.5. The van der Waals surface area contributed by atoms with Crippen molar-refractivity contribution < 1.29 is 13.2 Å².